The van der Waals surface area contributed by atoms with Crippen LogP contribution in [0.5, 0.6) is 0 Å². The fourth-order valence-corrected chi connectivity index (χ4v) is 5.78. The van der Waals surface area contributed by atoms with Crippen LogP contribution in [0, 0.1) is 18.7 Å². The second-order valence-electron chi connectivity index (χ2n) is 9.18. The Morgan fingerprint density at radius 2 is 1.76 bits per heavy atom. The molecular weight excluding hydrogens is 439 g/mol. The fourth-order valence-electron chi connectivity index (χ4n) is 4.41. The van der Waals surface area contributed by atoms with Crippen LogP contribution in [0.4, 0.5) is 10.1 Å². The van der Waals surface area contributed by atoms with Gasteiger partial charge in [-0.1, -0.05) is 38.0 Å². The number of anilines is 1. The Labute approximate surface area is 194 Å². The number of hydrogen-bond donors (Lipinski definition) is 0. The predicted molar refractivity (Wildman–Crippen MR) is 130 cm³/mol. The van der Waals surface area contributed by atoms with Gasteiger partial charge in [-0.25, -0.2) is 12.8 Å². The summed E-state index contributed by atoms with van der Waals surface area (Å²) >= 11 is 0. The third-order valence-electron chi connectivity index (χ3n) is 6.61. The maximum absolute atomic E-state index is 15.2. The summed E-state index contributed by atoms with van der Waals surface area (Å²) in [6.45, 7) is 8.20. The molecule has 0 spiro atoms. The largest absolute Gasteiger partial charge is 0.369 e. The zero-order valence-electron chi connectivity index (χ0n) is 19.5. The Kier molecular flexibility index (Phi) is 6.61. The topological polar surface area (TPSA) is 59.4 Å². The van der Waals surface area contributed by atoms with Crippen LogP contribution >= 0.6 is 0 Å². The van der Waals surface area contributed by atoms with Gasteiger partial charge in [0.05, 0.1) is 21.5 Å². The quantitative estimate of drug-likeness (QED) is 0.489. The van der Waals surface area contributed by atoms with E-state index in [0.29, 0.717) is 23.7 Å². The Bertz CT molecular complexity index is 1320. The van der Waals surface area contributed by atoms with Crippen molar-refractivity contribution in [2.24, 2.45) is 5.92 Å². The van der Waals surface area contributed by atoms with Gasteiger partial charge in [0.15, 0.2) is 0 Å². The molecule has 0 aliphatic carbocycles. The molecular formula is C26H31FN2O3S. The number of halogens is 1. The number of pyridine rings is 1. The number of rotatable bonds is 6. The lowest BCUT2D eigenvalue weighted by molar-refractivity contribution is 0.434. The van der Waals surface area contributed by atoms with E-state index in [0.717, 1.165) is 44.3 Å². The minimum Gasteiger partial charge on any atom is -0.369 e. The van der Waals surface area contributed by atoms with Crippen molar-refractivity contribution in [1.82, 2.24) is 4.57 Å². The van der Waals surface area contributed by atoms with Crippen molar-refractivity contribution in [1.29, 1.82) is 0 Å². The lowest BCUT2D eigenvalue weighted by atomic mass is 9.98. The first-order valence-electron chi connectivity index (χ1n) is 11.7. The van der Waals surface area contributed by atoms with Crippen LogP contribution in [0.2, 0.25) is 0 Å². The second-order valence-corrected chi connectivity index (χ2v) is 11.1. The number of fused-ring (bicyclic) bond motifs is 1. The summed E-state index contributed by atoms with van der Waals surface area (Å²) in [5.41, 5.74) is 1.32. The minimum absolute atomic E-state index is 0.0612. The molecule has 1 saturated heterocycles. The van der Waals surface area contributed by atoms with Gasteiger partial charge in [-0.2, -0.15) is 0 Å². The second kappa shape index (κ2) is 9.29. The number of hydrogen-bond acceptors (Lipinski definition) is 4. The van der Waals surface area contributed by atoms with E-state index in [1.807, 2.05) is 11.8 Å². The molecule has 176 valence electrons. The van der Waals surface area contributed by atoms with Crippen molar-refractivity contribution >= 4 is 26.4 Å². The number of piperidine rings is 1. The molecule has 4 rings (SSSR count). The van der Waals surface area contributed by atoms with E-state index in [1.165, 1.54) is 24.4 Å². The lowest BCUT2D eigenvalue weighted by Crippen LogP contribution is -2.33. The average Bonchev–Trinajstić information content (AvgIpc) is 2.79. The van der Waals surface area contributed by atoms with E-state index in [2.05, 4.69) is 13.8 Å². The first kappa shape index (κ1) is 23.5. The summed E-state index contributed by atoms with van der Waals surface area (Å²) in [5.74, 6) is 0.128. The van der Waals surface area contributed by atoms with Gasteiger partial charge in [-0.15, -0.1) is 0 Å². The van der Waals surface area contributed by atoms with Crippen molar-refractivity contribution in [3.63, 3.8) is 0 Å². The highest BCUT2D eigenvalue weighted by molar-refractivity contribution is 7.91. The van der Waals surface area contributed by atoms with Crippen molar-refractivity contribution in [2.45, 2.75) is 62.8 Å². The molecule has 2 aromatic carbocycles. The monoisotopic (exact) mass is 470 g/mol. The highest BCUT2D eigenvalue weighted by Crippen LogP contribution is 2.30. The van der Waals surface area contributed by atoms with Gasteiger partial charge in [0, 0.05) is 25.8 Å². The zero-order valence-corrected chi connectivity index (χ0v) is 20.3. The molecule has 0 radical (unpaired) electrons. The Balaban J connectivity index is 1.90. The summed E-state index contributed by atoms with van der Waals surface area (Å²) in [5, 5.41) is 0.103. The number of aromatic nitrogens is 1. The van der Waals surface area contributed by atoms with Crippen molar-refractivity contribution in [3.8, 4) is 0 Å². The van der Waals surface area contributed by atoms with E-state index in [-0.39, 0.29) is 15.2 Å². The smallest absolute Gasteiger partial charge is 0.211 e. The highest BCUT2D eigenvalue weighted by Gasteiger charge is 2.26. The van der Waals surface area contributed by atoms with Gasteiger partial charge in [0.1, 0.15) is 10.7 Å². The molecule has 7 heteroatoms. The Morgan fingerprint density at radius 1 is 1.09 bits per heavy atom. The molecule has 1 aliphatic heterocycles. The summed E-state index contributed by atoms with van der Waals surface area (Å²) in [6, 6.07) is 9.36. The van der Waals surface area contributed by atoms with Crippen LogP contribution < -0.4 is 10.3 Å². The van der Waals surface area contributed by atoms with Gasteiger partial charge < -0.3 is 9.47 Å². The number of benzene rings is 2. The maximum atomic E-state index is 15.2. The molecule has 1 fully saturated rings. The van der Waals surface area contributed by atoms with Crippen LogP contribution in [0.15, 0.2) is 57.2 Å². The molecule has 1 aromatic heterocycles. The zero-order chi connectivity index (χ0) is 23.8. The van der Waals surface area contributed by atoms with E-state index >= 15 is 4.39 Å². The SMILES string of the molecule is CCCCn1cc(S(=O)(=O)c2ccc(C)cc2)c(=O)c2cc(F)c(N3CCC(C)CC3)cc21. The van der Waals surface area contributed by atoms with E-state index in [4.69, 9.17) is 0 Å². The summed E-state index contributed by atoms with van der Waals surface area (Å²) in [7, 11) is -4.04. The number of sulfone groups is 1. The van der Waals surface area contributed by atoms with Crippen LogP contribution in [0.1, 0.15) is 45.1 Å². The molecule has 0 saturated carbocycles. The summed E-state index contributed by atoms with van der Waals surface area (Å²) in [6.07, 6.45) is 5.15. The number of nitrogens with zero attached hydrogens (tertiary/aromatic N) is 2. The molecule has 2 heterocycles. The molecule has 3 aromatic rings. The average molecular weight is 471 g/mol. The highest BCUT2D eigenvalue weighted by atomic mass is 32.2. The molecule has 0 N–H and O–H groups in total. The minimum atomic E-state index is -4.04. The normalized spacial score (nSPS) is 15.3. The Hall–Kier alpha value is -2.67. The van der Waals surface area contributed by atoms with Gasteiger partial charge in [0.25, 0.3) is 0 Å². The summed E-state index contributed by atoms with van der Waals surface area (Å²) in [4.78, 5) is 15.1. The maximum Gasteiger partial charge on any atom is 0.211 e. The van der Waals surface area contributed by atoms with Gasteiger partial charge >= 0.3 is 0 Å². The molecule has 0 bridgehead atoms. The molecule has 0 atom stereocenters. The van der Waals surface area contributed by atoms with Crippen molar-refractivity contribution in [3.05, 3.63) is 64.2 Å². The van der Waals surface area contributed by atoms with Crippen LogP contribution in [-0.2, 0) is 16.4 Å². The van der Waals surface area contributed by atoms with Gasteiger partial charge in [0.2, 0.25) is 15.3 Å². The van der Waals surface area contributed by atoms with Crippen molar-refractivity contribution < 1.29 is 12.8 Å². The van der Waals surface area contributed by atoms with E-state index < -0.39 is 21.1 Å². The molecule has 0 unspecified atom stereocenters. The van der Waals surface area contributed by atoms with Gasteiger partial charge in [-0.05, 0) is 56.4 Å². The van der Waals surface area contributed by atoms with E-state index in [9.17, 15) is 13.2 Å². The fraction of sp³-hybridized carbons (Fsp3) is 0.423. The van der Waals surface area contributed by atoms with Crippen LogP contribution in [-0.4, -0.2) is 26.1 Å². The van der Waals surface area contributed by atoms with Gasteiger partial charge in [-0.3, -0.25) is 4.79 Å². The first-order chi connectivity index (χ1) is 15.7. The molecule has 33 heavy (non-hydrogen) atoms. The Morgan fingerprint density at radius 3 is 2.39 bits per heavy atom. The molecule has 0 amide bonds. The standard InChI is InChI=1S/C26H31FN2O3S/c1-4-5-12-29-17-25(33(31,32)20-8-6-18(2)7-9-20)26(30)21-15-22(27)24(16-23(21)29)28-13-10-19(3)11-14-28/h6-9,15-17,19H,4-5,10-14H2,1-3H3. The molecule has 1 aliphatic rings. The summed E-state index contributed by atoms with van der Waals surface area (Å²) < 4.78 is 43.7. The van der Waals surface area contributed by atoms with Crippen molar-refractivity contribution in [2.75, 3.05) is 18.0 Å². The number of aryl methyl sites for hydroxylation is 2. The predicted octanol–water partition coefficient (Wildman–Crippen LogP) is 5.32. The van der Waals surface area contributed by atoms with Crippen LogP contribution in [0.3, 0.4) is 0 Å². The number of unbranched alkanes of at least 4 members (excludes halogenated alkanes) is 1. The van der Waals surface area contributed by atoms with Crippen LogP contribution in [0.25, 0.3) is 10.9 Å². The molecule has 5 nitrogen and oxygen atoms in total. The third kappa shape index (κ3) is 4.56. The third-order valence-corrected chi connectivity index (χ3v) is 8.38. The first-order valence-corrected chi connectivity index (χ1v) is 13.1. The van der Waals surface area contributed by atoms with E-state index in [1.54, 1.807) is 22.8 Å². The lowest BCUT2D eigenvalue weighted by Gasteiger charge is -2.32.